The summed E-state index contributed by atoms with van der Waals surface area (Å²) >= 11 is 0. The third kappa shape index (κ3) is 2.44. The minimum Gasteiger partial charge on any atom is -0.493 e. The SMILES string of the molecule is COc1ccc(-c2[nH]c3ccccc3c2C(F)F)c(OC)c1OC. The highest BCUT2D eigenvalue weighted by Crippen LogP contribution is 2.47. The second kappa shape index (κ2) is 6.39. The molecule has 126 valence electrons. The van der Waals surface area contributed by atoms with E-state index < -0.39 is 6.43 Å². The molecule has 24 heavy (non-hydrogen) atoms. The van der Waals surface area contributed by atoms with E-state index in [9.17, 15) is 8.78 Å². The summed E-state index contributed by atoms with van der Waals surface area (Å²) in [5, 5.41) is 0.485. The van der Waals surface area contributed by atoms with Gasteiger partial charge >= 0.3 is 0 Å². The number of alkyl halides is 2. The van der Waals surface area contributed by atoms with Crippen molar-refractivity contribution >= 4 is 10.9 Å². The van der Waals surface area contributed by atoms with Crippen LogP contribution in [0.1, 0.15) is 12.0 Å². The molecular weight excluding hydrogens is 316 g/mol. The van der Waals surface area contributed by atoms with Crippen LogP contribution in [0.5, 0.6) is 17.2 Å². The van der Waals surface area contributed by atoms with Crippen LogP contribution in [-0.4, -0.2) is 26.3 Å². The van der Waals surface area contributed by atoms with Gasteiger partial charge in [-0.25, -0.2) is 8.78 Å². The number of methoxy groups -OCH3 is 3. The molecule has 0 radical (unpaired) electrons. The summed E-state index contributed by atoms with van der Waals surface area (Å²) in [6, 6.07) is 10.3. The molecule has 0 saturated carbocycles. The maximum Gasteiger partial charge on any atom is 0.266 e. The number of nitrogens with one attached hydrogen (secondary N) is 1. The Balaban J connectivity index is 2.34. The number of aromatic amines is 1. The molecule has 6 heteroatoms. The maximum atomic E-state index is 13.7. The molecule has 0 amide bonds. The smallest absolute Gasteiger partial charge is 0.266 e. The first-order chi connectivity index (χ1) is 11.6. The summed E-state index contributed by atoms with van der Waals surface area (Å²) in [7, 11) is 4.44. The van der Waals surface area contributed by atoms with Gasteiger partial charge in [-0.2, -0.15) is 0 Å². The number of hydrogen-bond donors (Lipinski definition) is 1. The second-order valence-corrected chi connectivity index (χ2v) is 5.14. The van der Waals surface area contributed by atoms with Gasteiger partial charge in [0, 0.05) is 16.5 Å². The van der Waals surface area contributed by atoms with Gasteiger partial charge in [0.25, 0.3) is 6.43 Å². The predicted octanol–water partition coefficient (Wildman–Crippen LogP) is 4.80. The molecule has 1 aromatic heterocycles. The monoisotopic (exact) mass is 333 g/mol. The van der Waals surface area contributed by atoms with Gasteiger partial charge in [-0.3, -0.25) is 0 Å². The van der Waals surface area contributed by atoms with Gasteiger partial charge in [0.2, 0.25) is 5.75 Å². The van der Waals surface area contributed by atoms with E-state index in [1.54, 1.807) is 36.4 Å². The number of hydrogen-bond acceptors (Lipinski definition) is 3. The van der Waals surface area contributed by atoms with Gasteiger partial charge in [0.05, 0.1) is 32.6 Å². The summed E-state index contributed by atoms with van der Waals surface area (Å²) in [6.07, 6.45) is -2.63. The number of ether oxygens (including phenoxy) is 3. The van der Waals surface area contributed by atoms with E-state index >= 15 is 0 Å². The third-order valence-electron chi connectivity index (χ3n) is 3.94. The van der Waals surface area contributed by atoms with Crippen LogP contribution in [0.25, 0.3) is 22.2 Å². The first-order valence-electron chi connectivity index (χ1n) is 7.30. The van der Waals surface area contributed by atoms with Crippen molar-refractivity contribution in [2.45, 2.75) is 6.43 Å². The van der Waals surface area contributed by atoms with E-state index in [1.807, 2.05) is 0 Å². The predicted molar refractivity (Wildman–Crippen MR) is 88.3 cm³/mol. The molecule has 0 unspecified atom stereocenters. The first kappa shape index (κ1) is 16.1. The lowest BCUT2D eigenvalue weighted by atomic mass is 10.0. The topological polar surface area (TPSA) is 43.5 Å². The lowest BCUT2D eigenvalue weighted by Gasteiger charge is -2.16. The van der Waals surface area contributed by atoms with E-state index in [1.165, 1.54) is 21.3 Å². The Morgan fingerprint density at radius 2 is 1.58 bits per heavy atom. The van der Waals surface area contributed by atoms with Gasteiger partial charge in [-0.05, 0) is 18.2 Å². The van der Waals surface area contributed by atoms with Gasteiger partial charge in [0.15, 0.2) is 11.5 Å². The first-order valence-corrected chi connectivity index (χ1v) is 7.30. The van der Waals surface area contributed by atoms with Crippen LogP contribution in [-0.2, 0) is 0 Å². The fourth-order valence-electron chi connectivity index (χ4n) is 2.90. The van der Waals surface area contributed by atoms with Gasteiger partial charge in [0.1, 0.15) is 0 Å². The van der Waals surface area contributed by atoms with E-state index in [0.717, 1.165) is 0 Å². The van der Waals surface area contributed by atoms with Crippen molar-refractivity contribution in [3.8, 4) is 28.5 Å². The van der Waals surface area contributed by atoms with Gasteiger partial charge < -0.3 is 19.2 Å². The minimum atomic E-state index is -2.63. The fraction of sp³-hybridized carbons (Fsp3) is 0.222. The van der Waals surface area contributed by atoms with Gasteiger partial charge in [-0.1, -0.05) is 18.2 Å². The quantitative estimate of drug-likeness (QED) is 0.729. The fourth-order valence-corrected chi connectivity index (χ4v) is 2.90. The largest absolute Gasteiger partial charge is 0.493 e. The lowest BCUT2D eigenvalue weighted by Crippen LogP contribution is -1.98. The third-order valence-corrected chi connectivity index (χ3v) is 3.94. The van der Waals surface area contributed by atoms with E-state index in [-0.39, 0.29) is 5.56 Å². The molecule has 3 aromatic rings. The van der Waals surface area contributed by atoms with E-state index in [4.69, 9.17) is 14.2 Å². The number of rotatable bonds is 5. The standard InChI is InChI=1S/C18H17F2NO3/c1-22-13-9-8-11(16(23-2)17(13)24-3)15-14(18(19)20)10-6-4-5-7-12(10)21-15/h4-9,18,21H,1-3H3. The minimum absolute atomic E-state index is 0.0591. The number of aromatic nitrogens is 1. The van der Waals surface area contributed by atoms with Crippen molar-refractivity contribution in [1.29, 1.82) is 0 Å². The van der Waals surface area contributed by atoms with Crippen LogP contribution in [0.15, 0.2) is 36.4 Å². The van der Waals surface area contributed by atoms with Crippen LogP contribution in [0.4, 0.5) is 8.78 Å². The van der Waals surface area contributed by atoms with Crippen LogP contribution < -0.4 is 14.2 Å². The molecule has 0 bridgehead atoms. The number of halogens is 2. The Morgan fingerprint density at radius 1 is 0.875 bits per heavy atom. The van der Waals surface area contributed by atoms with E-state index in [2.05, 4.69) is 4.98 Å². The highest BCUT2D eigenvalue weighted by Gasteiger charge is 2.25. The summed E-state index contributed by atoms with van der Waals surface area (Å²) < 4.78 is 43.5. The molecule has 3 rings (SSSR count). The summed E-state index contributed by atoms with van der Waals surface area (Å²) in [5.74, 6) is 1.16. The summed E-state index contributed by atoms with van der Waals surface area (Å²) in [5.41, 5.74) is 1.38. The van der Waals surface area contributed by atoms with Crippen molar-refractivity contribution in [1.82, 2.24) is 4.98 Å². The molecule has 4 nitrogen and oxygen atoms in total. The molecule has 1 N–H and O–H groups in total. The maximum absolute atomic E-state index is 13.7. The molecule has 0 fully saturated rings. The van der Waals surface area contributed by atoms with Crippen molar-refractivity contribution in [3.05, 3.63) is 42.0 Å². The Morgan fingerprint density at radius 3 is 2.21 bits per heavy atom. The normalized spacial score (nSPS) is 11.1. The van der Waals surface area contributed by atoms with Crippen molar-refractivity contribution < 1.29 is 23.0 Å². The zero-order valence-electron chi connectivity index (χ0n) is 13.5. The Hall–Kier alpha value is -2.76. The molecule has 0 spiro atoms. The lowest BCUT2D eigenvalue weighted by molar-refractivity contribution is 0.154. The zero-order chi connectivity index (χ0) is 17.3. The zero-order valence-corrected chi connectivity index (χ0v) is 13.5. The van der Waals surface area contributed by atoms with E-state index in [0.29, 0.717) is 39.4 Å². The van der Waals surface area contributed by atoms with Crippen LogP contribution in [0, 0.1) is 0 Å². The van der Waals surface area contributed by atoms with Crippen molar-refractivity contribution in [2.24, 2.45) is 0 Å². The average Bonchev–Trinajstić information content (AvgIpc) is 2.99. The molecule has 0 aliphatic rings. The van der Waals surface area contributed by atoms with Crippen molar-refractivity contribution in [3.63, 3.8) is 0 Å². The van der Waals surface area contributed by atoms with Crippen LogP contribution in [0.2, 0.25) is 0 Å². The average molecular weight is 333 g/mol. The van der Waals surface area contributed by atoms with Gasteiger partial charge in [-0.15, -0.1) is 0 Å². The summed E-state index contributed by atoms with van der Waals surface area (Å²) in [6.45, 7) is 0. The number of fused-ring (bicyclic) bond motifs is 1. The molecule has 0 atom stereocenters. The molecular formula is C18H17F2NO3. The highest BCUT2D eigenvalue weighted by molar-refractivity contribution is 5.92. The second-order valence-electron chi connectivity index (χ2n) is 5.14. The molecule has 0 aliphatic heterocycles. The molecule has 1 heterocycles. The Kier molecular flexibility index (Phi) is 4.29. The highest BCUT2D eigenvalue weighted by atomic mass is 19.3. The Bertz CT molecular complexity index is 874. The number of H-pyrrole nitrogens is 1. The molecule has 0 saturated heterocycles. The Labute approximate surface area is 138 Å². The molecule has 2 aromatic carbocycles. The number of para-hydroxylation sites is 1. The summed E-state index contributed by atoms with van der Waals surface area (Å²) in [4.78, 5) is 3.07. The molecule has 0 aliphatic carbocycles. The van der Waals surface area contributed by atoms with Crippen LogP contribution in [0.3, 0.4) is 0 Å². The van der Waals surface area contributed by atoms with Crippen LogP contribution >= 0.6 is 0 Å². The number of benzene rings is 2. The van der Waals surface area contributed by atoms with Crippen molar-refractivity contribution in [2.75, 3.05) is 21.3 Å².